The van der Waals surface area contributed by atoms with Crippen molar-refractivity contribution in [3.63, 3.8) is 0 Å². The Balaban J connectivity index is 0.00000529. The topological polar surface area (TPSA) is 48.9 Å². The number of aliphatic imine (C=N–C) groups is 1. The first kappa shape index (κ1) is 23.0. The maximum Gasteiger partial charge on any atom is 0.191 e. The number of ether oxygens (including phenoxy) is 1. The molecule has 1 aromatic rings. The van der Waals surface area contributed by atoms with E-state index >= 15 is 0 Å². The molecule has 0 aromatic heterocycles. The van der Waals surface area contributed by atoms with Crippen LogP contribution in [0.2, 0.25) is 0 Å². The van der Waals surface area contributed by atoms with Gasteiger partial charge < -0.3 is 20.3 Å². The van der Waals surface area contributed by atoms with Gasteiger partial charge in [0, 0.05) is 19.6 Å². The lowest BCUT2D eigenvalue weighted by molar-refractivity contribution is 0.313. The van der Waals surface area contributed by atoms with Gasteiger partial charge in [0.2, 0.25) is 0 Å². The third-order valence-electron chi connectivity index (χ3n) is 3.80. The van der Waals surface area contributed by atoms with E-state index in [2.05, 4.69) is 47.4 Å². The first-order valence-electron chi connectivity index (χ1n) is 8.61. The number of para-hydroxylation sites is 1. The predicted molar refractivity (Wildman–Crippen MR) is 114 cm³/mol. The van der Waals surface area contributed by atoms with Crippen LogP contribution in [0.4, 0.5) is 0 Å². The number of hydrogen-bond donors (Lipinski definition) is 2. The maximum atomic E-state index is 5.39. The summed E-state index contributed by atoms with van der Waals surface area (Å²) in [7, 11) is 1.71. The third-order valence-corrected chi connectivity index (χ3v) is 3.80. The molecule has 0 heterocycles. The monoisotopic (exact) mass is 448 g/mol. The fourth-order valence-electron chi connectivity index (χ4n) is 2.41. The summed E-state index contributed by atoms with van der Waals surface area (Å²) < 4.78 is 5.39. The highest BCUT2D eigenvalue weighted by Crippen LogP contribution is 2.17. The molecule has 0 aliphatic carbocycles. The molecule has 138 valence electrons. The Bertz CT molecular complexity index is 464. The van der Waals surface area contributed by atoms with Crippen LogP contribution in [0.5, 0.6) is 5.75 Å². The molecule has 0 amide bonds. The summed E-state index contributed by atoms with van der Waals surface area (Å²) in [5.41, 5.74) is 1.21. The van der Waals surface area contributed by atoms with Gasteiger partial charge in [-0.05, 0) is 38.1 Å². The number of nitrogens with one attached hydrogen (secondary N) is 2. The van der Waals surface area contributed by atoms with Crippen LogP contribution in [0, 0.1) is 0 Å². The summed E-state index contributed by atoms with van der Waals surface area (Å²) in [6, 6.07) is 8.14. The number of methoxy groups -OCH3 is 1. The second-order valence-corrected chi connectivity index (χ2v) is 5.28. The van der Waals surface area contributed by atoms with Crippen LogP contribution in [0.15, 0.2) is 29.3 Å². The molecular weight excluding hydrogens is 415 g/mol. The van der Waals surface area contributed by atoms with Crippen LogP contribution in [0.25, 0.3) is 0 Å². The molecule has 1 rings (SSSR count). The van der Waals surface area contributed by atoms with Crippen molar-refractivity contribution in [3.8, 4) is 5.75 Å². The van der Waals surface area contributed by atoms with Crippen LogP contribution < -0.4 is 15.4 Å². The molecule has 0 saturated carbocycles. The van der Waals surface area contributed by atoms with E-state index in [0.717, 1.165) is 57.4 Å². The van der Waals surface area contributed by atoms with Gasteiger partial charge >= 0.3 is 0 Å². The van der Waals surface area contributed by atoms with Gasteiger partial charge in [0.05, 0.1) is 13.7 Å². The van der Waals surface area contributed by atoms with Crippen LogP contribution in [0.1, 0.15) is 26.3 Å². The predicted octanol–water partition coefficient (Wildman–Crippen LogP) is 2.75. The van der Waals surface area contributed by atoms with Crippen molar-refractivity contribution in [2.75, 3.05) is 46.4 Å². The van der Waals surface area contributed by atoms with E-state index < -0.39 is 0 Å². The average molecular weight is 448 g/mol. The molecule has 0 bridgehead atoms. The zero-order valence-electron chi connectivity index (χ0n) is 15.5. The maximum absolute atomic E-state index is 5.39. The third kappa shape index (κ3) is 8.73. The summed E-state index contributed by atoms with van der Waals surface area (Å²) in [6.45, 7) is 12.1. The van der Waals surface area contributed by atoms with Crippen molar-refractivity contribution < 1.29 is 4.74 Å². The lowest BCUT2D eigenvalue weighted by Gasteiger charge is -2.17. The fourth-order valence-corrected chi connectivity index (χ4v) is 2.41. The minimum Gasteiger partial charge on any atom is -0.496 e. The van der Waals surface area contributed by atoms with Gasteiger partial charge in [-0.3, -0.25) is 4.99 Å². The summed E-state index contributed by atoms with van der Waals surface area (Å²) in [4.78, 5) is 7.02. The highest BCUT2D eigenvalue weighted by Gasteiger charge is 2.03. The Labute approximate surface area is 164 Å². The molecule has 0 saturated heterocycles. The fraction of sp³-hybridized carbons (Fsp3) is 0.611. The van der Waals surface area contributed by atoms with Gasteiger partial charge in [-0.25, -0.2) is 0 Å². The highest BCUT2D eigenvalue weighted by atomic mass is 127. The Hall–Kier alpha value is -1.02. The molecule has 0 aliphatic heterocycles. The van der Waals surface area contributed by atoms with Crippen LogP contribution >= 0.6 is 24.0 Å². The molecule has 2 N–H and O–H groups in total. The Morgan fingerprint density at radius 2 is 1.83 bits per heavy atom. The number of hydrogen-bond acceptors (Lipinski definition) is 3. The number of rotatable bonds is 10. The Morgan fingerprint density at radius 1 is 1.12 bits per heavy atom. The second kappa shape index (κ2) is 14.3. The van der Waals surface area contributed by atoms with E-state index in [0.29, 0.717) is 0 Å². The number of nitrogens with zero attached hydrogens (tertiary/aromatic N) is 2. The van der Waals surface area contributed by atoms with Crippen LogP contribution in [-0.4, -0.2) is 57.2 Å². The van der Waals surface area contributed by atoms with E-state index in [1.165, 1.54) is 5.56 Å². The Kier molecular flexibility index (Phi) is 13.7. The highest BCUT2D eigenvalue weighted by molar-refractivity contribution is 14.0. The molecule has 24 heavy (non-hydrogen) atoms. The zero-order valence-corrected chi connectivity index (χ0v) is 17.8. The lowest BCUT2D eigenvalue weighted by atomic mass is 10.1. The van der Waals surface area contributed by atoms with Gasteiger partial charge in [-0.2, -0.15) is 0 Å². The Morgan fingerprint density at radius 3 is 2.46 bits per heavy atom. The molecule has 5 nitrogen and oxygen atoms in total. The van der Waals surface area contributed by atoms with Gasteiger partial charge in [0.15, 0.2) is 5.96 Å². The molecule has 0 aliphatic rings. The average Bonchev–Trinajstić information content (AvgIpc) is 2.59. The van der Waals surface area contributed by atoms with Crippen molar-refractivity contribution >= 4 is 29.9 Å². The standard InChI is InChI=1S/C18H32N4O.HI/c1-5-19-18(21-14-15-22(6-2)7-3)20-13-12-16-10-8-9-11-17(16)23-4;/h8-11H,5-7,12-15H2,1-4H3,(H2,19,20,21);1H. The molecule has 0 atom stereocenters. The van der Waals surface area contributed by atoms with Gasteiger partial charge in [-0.1, -0.05) is 32.0 Å². The van der Waals surface area contributed by atoms with Gasteiger partial charge in [0.25, 0.3) is 0 Å². The van der Waals surface area contributed by atoms with Crippen molar-refractivity contribution in [2.45, 2.75) is 27.2 Å². The number of guanidine groups is 1. The van der Waals surface area contributed by atoms with Crippen molar-refractivity contribution in [2.24, 2.45) is 4.99 Å². The van der Waals surface area contributed by atoms with E-state index in [9.17, 15) is 0 Å². The quantitative estimate of drug-likeness (QED) is 0.329. The number of likely N-dealkylation sites (N-methyl/N-ethyl adjacent to an activating group) is 1. The zero-order chi connectivity index (χ0) is 16.9. The molecular formula is C18H33IN4O. The molecule has 6 heteroatoms. The summed E-state index contributed by atoms with van der Waals surface area (Å²) in [5, 5.41) is 6.69. The molecule has 1 aromatic carbocycles. The summed E-state index contributed by atoms with van der Waals surface area (Å²) >= 11 is 0. The van der Waals surface area contributed by atoms with Crippen LogP contribution in [-0.2, 0) is 6.42 Å². The van der Waals surface area contributed by atoms with Gasteiger partial charge in [-0.15, -0.1) is 24.0 Å². The van der Waals surface area contributed by atoms with Crippen molar-refractivity contribution in [1.29, 1.82) is 0 Å². The van der Waals surface area contributed by atoms with E-state index in [4.69, 9.17) is 4.74 Å². The van der Waals surface area contributed by atoms with Crippen molar-refractivity contribution in [3.05, 3.63) is 29.8 Å². The first-order chi connectivity index (χ1) is 11.2. The number of benzene rings is 1. The SMILES string of the molecule is CCNC(=NCCN(CC)CC)NCCc1ccccc1OC.I. The van der Waals surface area contributed by atoms with E-state index in [1.807, 2.05) is 18.2 Å². The molecule has 0 fully saturated rings. The minimum absolute atomic E-state index is 0. The van der Waals surface area contributed by atoms with E-state index in [1.54, 1.807) is 7.11 Å². The molecule has 0 radical (unpaired) electrons. The minimum atomic E-state index is 0. The molecule has 0 spiro atoms. The smallest absolute Gasteiger partial charge is 0.191 e. The normalized spacial score (nSPS) is 11.1. The van der Waals surface area contributed by atoms with E-state index in [-0.39, 0.29) is 24.0 Å². The largest absolute Gasteiger partial charge is 0.496 e. The molecule has 0 unspecified atom stereocenters. The number of halogens is 1. The summed E-state index contributed by atoms with van der Waals surface area (Å²) in [5.74, 6) is 1.83. The van der Waals surface area contributed by atoms with Gasteiger partial charge in [0.1, 0.15) is 5.75 Å². The summed E-state index contributed by atoms with van der Waals surface area (Å²) in [6.07, 6.45) is 0.907. The van der Waals surface area contributed by atoms with Crippen LogP contribution in [0.3, 0.4) is 0 Å². The lowest BCUT2D eigenvalue weighted by Crippen LogP contribution is -2.39. The first-order valence-corrected chi connectivity index (χ1v) is 8.61. The second-order valence-electron chi connectivity index (χ2n) is 5.28. The van der Waals surface area contributed by atoms with Crippen molar-refractivity contribution in [1.82, 2.24) is 15.5 Å².